The van der Waals surface area contributed by atoms with Gasteiger partial charge in [0.15, 0.2) is 0 Å². The average molecular weight is 272 g/mol. The van der Waals surface area contributed by atoms with Gasteiger partial charge in [-0.05, 0) is 50.7 Å². The number of rotatable bonds is 3. The highest BCUT2D eigenvalue weighted by atomic mass is 16.1. The number of H-pyrrole nitrogens is 2. The predicted octanol–water partition coefficient (Wildman–Crippen LogP) is 1.88. The maximum absolute atomic E-state index is 11.1. The number of anilines is 1. The van der Waals surface area contributed by atoms with Crippen LogP contribution in [0, 0.1) is 0 Å². The molecule has 1 aliphatic heterocycles. The number of hydrogen-bond acceptors (Lipinski definition) is 3. The SMILES string of the molecule is CN1CCC(Nc2ccc(-c3cc(=O)[nH][nH]3)cc2)CC1. The van der Waals surface area contributed by atoms with Gasteiger partial charge in [0.05, 0.1) is 5.69 Å². The van der Waals surface area contributed by atoms with Gasteiger partial charge in [0.2, 0.25) is 0 Å². The number of likely N-dealkylation sites (tertiary alicyclic amines) is 1. The van der Waals surface area contributed by atoms with E-state index in [9.17, 15) is 4.79 Å². The van der Waals surface area contributed by atoms with Crippen LogP contribution in [0.3, 0.4) is 0 Å². The van der Waals surface area contributed by atoms with Gasteiger partial charge < -0.3 is 10.2 Å². The fourth-order valence-corrected chi connectivity index (χ4v) is 2.62. The Hall–Kier alpha value is -2.01. The molecule has 0 amide bonds. The molecule has 0 radical (unpaired) electrons. The molecule has 106 valence electrons. The van der Waals surface area contributed by atoms with Crippen molar-refractivity contribution in [3.63, 3.8) is 0 Å². The summed E-state index contributed by atoms with van der Waals surface area (Å²) in [5.74, 6) is 0. The van der Waals surface area contributed by atoms with Gasteiger partial charge in [-0.15, -0.1) is 0 Å². The van der Waals surface area contributed by atoms with Gasteiger partial charge in [-0.1, -0.05) is 12.1 Å². The fraction of sp³-hybridized carbons (Fsp3) is 0.400. The number of hydrogen-bond donors (Lipinski definition) is 3. The lowest BCUT2D eigenvalue weighted by Gasteiger charge is -2.30. The zero-order chi connectivity index (χ0) is 13.9. The monoisotopic (exact) mass is 272 g/mol. The van der Waals surface area contributed by atoms with Crippen LogP contribution in [0.15, 0.2) is 35.1 Å². The van der Waals surface area contributed by atoms with E-state index in [0.717, 1.165) is 30.0 Å². The van der Waals surface area contributed by atoms with Crippen molar-refractivity contribution < 1.29 is 0 Å². The zero-order valence-corrected chi connectivity index (χ0v) is 11.6. The Labute approximate surface area is 118 Å². The van der Waals surface area contributed by atoms with Crippen LogP contribution in [0.2, 0.25) is 0 Å². The molecular weight excluding hydrogens is 252 g/mol. The first-order chi connectivity index (χ1) is 9.70. The van der Waals surface area contributed by atoms with Crippen molar-refractivity contribution in [2.45, 2.75) is 18.9 Å². The summed E-state index contributed by atoms with van der Waals surface area (Å²) in [6, 6.07) is 10.3. The van der Waals surface area contributed by atoms with E-state index in [1.165, 1.54) is 12.8 Å². The maximum atomic E-state index is 11.1. The zero-order valence-electron chi connectivity index (χ0n) is 11.6. The van der Waals surface area contributed by atoms with Crippen molar-refractivity contribution in [1.29, 1.82) is 0 Å². The third-order valence-electron chi connectivity index (χ3n) is 3.88. The summed E-state index contributed by atoms with van der Waals surface area (Å²) in [5.41, 5.74) is 2.87. The van der Waals surface area contributed by atoms with Gasteiger partial charge in [-0.3, -0.25) is 15.0 Å². The van der Waals surface area contributed by atoms with E-state index in [0.29, 0.717) is 6.04 Å². The lowest BCUT2D eigenvalue weighted by Crippen LogP contribution is -2.36. The summed E-state index contributed by atoms with van der Waals surface area (Å²) >= 11 is 0. The Bertz CT molecular complexity index is 605. The summed E-state index contributed by atoms with van der Waals surface area (Å²) in [6.45, 7) is 2.31. The Kier molecular flexibility index (Phi) is 3.60. The van der Waals surface area contributed by atoms with Gasteiger partial charge in [-0.2, -0.15) is 0 Å². The van der Waals surface area contributed by atoms with E-state index >= 15 is 0 Å². The van der Waals surface area contributed by atoms with Crippen molar-refractivity contribution >= 4 is 5.69 Å². The second kappa shape index (κ2) is 5.54. The molecule has 1 aliphatic rings. The Morgan fingerprint density at radius 3 is 2.45 bits per heavy atom. The molecule has 1 saturated heterocycles. The smallest absolute Gasteiger partial charge is 0.264 e. The largest absolute Gasteiger partial charge is 0.382 e. The third kappa shape index (κ3) is 2.93. The summed E-state index contributed by atoms with van der Waals surface area (Å²) in [4.78, 5) is 13.5. The molecule has 0 bridgehead atoms. The van der Waals surface area contributed by atoms with Gasteiger partial charge in [0.1, 0.15) is 0 Å². The van der Waals surface area contributed by atoms with Crippen molar-refractivity contribution in [3.8, 4) is 11.3 Å². The van der Waals surface area contributed by atoms with E-state index in [-0.39, 0.29) is 5.56 Å². The van der Waals surface area contributed by atoms with Gasteiger partial charge in [0, 0.05) is 17.8 Å². The van der Waals surface area contributed by atoms with Crippen molar-refractivity contribution in [1.82, 2.24) is 15.1 Å². The summed E-state index contributed by atoms with van der Waals surface area (Å²) < 4.78 is 0. The molecule has 0 unspecified atom stereocenters. The first-order valence-corrected chi connectivity index (χ1v) is 7.04. The number of piperidine rings is 1. The number of nitrogens with zero attached hydrogens (tertiary/aromatic N) is 1. The molecule has 0 saturated carbocycles. The molecule has 3 rings (SSSR count). The van der Waals surface area contributed by atoms with Crippen molar-refractivity contribution in [3.05, 3.63) is 40.7 Å². The number of benzene rings is 1. The van der Waals surface area contributed by atoms with Crippen LogP contribution in [0.5, 0.6) is 0 Å². The second-order valence-electron chi connectivity index (χ2n) is 5.47. The Morgan fingerprint density at radius 2 is 1.85 bits per heavy atom. The lowest BCUT2D eigenvalue weighted by atomic mass is 10.0. The second-order valence-corrected chi connectivity index (χ2v) is 5.47. The lowest BCUT2D eigenvalue weighted by molar-refractivity contribution is 0.264. The van der Waals surface area contributed by atoms with Crippen LogP contribution in [-0.4, -0.2) is 41.3 Å². The molecule has 0 atom stereocenters. The molecular formula is C15H20N4O. The van der Waals surface area contributed by atoms with Crippen LogP contribution in [0.4, 0.5) is 5.69 Å². The molecule has 2 aromatic rings. The third-order valence-corrected chi connectivity index (χ3v) is 3.88. The van der Waals surface area contributed by atoms with Crippen LogP contribution >= 0.6 is 0 Å². The highest BCUT2D eigenvalue weighted by Crippen LogP contribution is 2.20. The molecule has 1 aromatic heterocycles. The molecule has 5 nitrogen and oxygen atoms in total. The molecule has 20 heavy (non-hydrogen) atoms. The van der Waals surface area contributed by atoms with E-state index in [1.54, 1.807) is 6.07 Å². The minimum Gasteiger partial charge on any atom is -0.382 e. The first-order valence-electron chi connectivity index (χ1n) is 7.04. The molecule has 3 N–H and O–H groups in total. The highest BCUT2D eigenvalue weighted by molar-refractivity contribution is 5.62. The Balaban J connectivity index is 1.66. The average Bonchev–Trinajstić information content (AvgIpc) is 2.89. The first kappa shape index (κ1) is 13.0. The molecule has 1 fully saturated rings. The van der Waals surface area contributed by atoms with Gasteiger partial charge >= 0.3 is 0 Å². The molecule has 5 heteroatoms. The summed E-state index contributed by atoms with van der Waals surface area (Å²) in [5, 5.41) is 8.99. The van der Waals surface area contributed by atoms with Crippen LogP contribution in [0.25, 0.3) is 11.3 Å². The maximum Gasteiger partial charge on any atom is 0.264 e. The minimum atomic E-state index is -0.103. The van der Waals surface area contributed by atoms with E-state index in [4.69, 9.17) is 0 Å². The van der Waals surface area contributed by atoms with Crippen molar-refractivity contribution in [2.24, 2.45) is 0 Å². The minimum absolute atomic E-state index is 0.103. The van der Waals surface area contributed by atoms with Gasteiger partial charge in [0.25, 0.3) is 5.56 Å². The topological polar surface area (TPSA) is 63.9 Å². The fourth-order valence-electron chi connectivity index (χ4n) is 2.62. The predicted molar refractivity (Wildman–Crippen MR) is 81.0 cm³/mol. The van der Waals surface area contributed by atoms with Crippen LogP contribution in [-0.2, 0) is 0 Å². The summed E-state index contributed by atoms with van der Waals surface area (Å²) in [6.07, 6.45) is 2.37. The van der Waals surface area contributed by atoms with Crippen molar-refractivity contribution in [2.75, 3.05) is 25.5 Å². The highest BCUT2D eigenvalue weighted by Gasteiger charge is 2.16. The van der Waals surface area contributed by atoms with E-state index in [1.807, 2.05) is 12.1 Å². The quantitative estimate of drug-likeness (QED) is 0.799. The molecule has 2 heterocycles. The van der Waals surface area contributed by atoms with E-state index < -0.39 is 0 Å². The standard InChI is InChI=1S/C15H20N4O/c1-19-8-6-13(7-9-19)16-12-4-2-11(3-5-12)14-10-15(20)18-17-14/h2-5,10,13,16H,6-9H2,1H3,(H2,17,18,20). The number of aromatic amines is 2. The molecule has 0 aliphatic carbocycles. The normalized spacial score (nSPS) is 17.2. The van der Waals surface area contributed by atoms with Crippen LogP contribution in [0.1, 0.15) is 12.8 Å². The summed E-state index contributed by atoms with van der Waals surface area (Å²) in [7, 11) is 2.17. The Morgan fingerprint density at radius 1 is 1.15 bits per heavy atom. The van der Waals surface area contributed by atoms with Crippen LogP contribution < -0.4 is 10.9 Å². The van der Waals surface area contributed by atoms with E-state index in [2.05, 4.69) is 39.6 Å². The molecule has 1 aromatic carbocycles. The number of aromatic nitrogens is 2. The van der Waals surface area contributed by atoms with Gasteiger partial charge in [-0.25, -0.2) is 0 Å². The molecule has 0 spiro atoms. The number of nitrogens with one attached hydrogen (secondary N) is 3.